The van der Waals surface area contributed by atoms with Gasteiger partial charge in [0, 0.05) is 10.7 Å². The smallest absolute Gasteiger partial charge is 0.262 e. The molecule has 26 heavy (non-hydrogen) atoms. The van der Waals surface area contributed by atoms with Crippen LogP contribution in [0.3, 0.4) is 0 Å². The van der Waals surface area contributed by atoms with Crippen molar-refractivity contribution in [2.45, 2.75) is 6.42 Å². The van der Waals surface area contributed by atoms with Crippen molar-refractivity contribution in [3.8, 4) is 5.75 Å². The fourth-order valence-corrected chi connectivity index (χ4v) is 3.00. The van der Waals surface area contributed by atoms with Crippen molar-refractivity contribution in [3.05, 3.63) is 94.0 Å². The first kappa shape index (κ1) is 18.3. The van der Waals surface area contributed by atoms with Crippen molar-refractivity contribution < 1.29 is 9.53 Å². The van der Waals surface area contributed by atoms with Gasteiger partial charge in [-0.15, -0.1) is 0 Å². The highest BCUT2D eigenvalue weighted by molar-refractivity contribution is 6.35. The average molecular weight is 386 g/mol. The van der Waals surface area contributed by atoms with Crippen LogP contribution in [0.4, 0.5) is 5.69 Å². The van der Waals surface area contributed by atoms with Gasteiger partial charge in [0.1, 0.15) is 5.75 Å². The van der Waals surface area contributed by atoms with Gasteiger partial charge in [-0.05, 0) is 41.8 Å². The van der Waals surface area contributed by atoms with Crippen molar-refractivity contribution in [2.75, 3.05) is 11.9 Å². The summed E-state index contributed by atoms with van der Waals surface area (Å²) in [4.78, 5) is 12.3. The Morgan fingerprint density at radius 2 is 1.65 bits per heavy atom. The van der Waals surface area contributed by atoms with Crippen LogP contribution >= 0.6 is 23.2 Å². The largest absolute Gasteiger partial charge is 0.482 e. The van der Waals surface area contributed by atoms with E-state index in [0.29, 0.717) is 15.8 Å². The highest BCUT2D eigenvalue weighted by atomic mass is 35.5. The molecular weight excluding hydrogens is 369 g/mol. The van der Waals surface area contributed by atoms with Gasteiger partial charge in [0.2, 0.25) is 0 Å². The summed E-state index contributed by atoms with van der Waals surface area (Å²) >= 11 is 11.9. The fraction of sp³-hybridized carbons (Fsp3) is 0.0952. The number of rotatable bonds is 6. The molecule has 0 radical (unpaired) electrons. The molecule has 3 nitrogen and oxygen atoms in total. The Bertz CT molecular complexity index is 898. The zero-order valence-electron chi connectivity index (χ0n) is 13.9. The molecule has 3 aromatic carbocycles. The summed E-state index contributed by atoms with van der Waals surface area (Å²) in [6.07, 6.45) is 0.737. The monoisotopic (exact) mass is 385 g/mol. The third-order valence-electron chi connectivity index (χ3n) is 3.78. The first-order chi connectivity index (χ1) is 12.6. The van der Waals surface area contributed by atoms with Crippen LogP contribution in [0.15, 0.2) is 72.8 Å². The summed E-state index contributed by atoms with van der Waals surface area (Å²) in [5, 5.41) is 3.78. The summed E-state index contributed by atoms with van der Waals surface area (Å²) in [7, 11) is 0. The number of amides is 1. The van der Waals surface area contributed by atoms with Gasteiger partial charge in [0.05, 0.1) is 5.02 Å². The molecule has 5 heteroatoms. The molecule has 0 saturated carbocycles. The highest BCUT2D eigenvalue weighted by Gasteiger charge is 2.09. The minimum absolute atomic E-state index is 0.138. The second-order valence-corrected chi connectivity index (χ2v) is 6.57. The van der Waals surface area contributed by atoms with E-state index in [0.717, 1.165) is 17.7 Å². The van der Waals surface area contributed by atoms with Crippen molar-refractivity contribution >= 4 is 34.8 Å². The number of carbonyl (C=O) groups is 1. The summed E-state index contributed by atoms with van der Waals surface area (Å²) in [6.45, 7) is -0.138. The van der Waals surface area contributed by atoms with Gasteiger partial charge in [-0.3, -0.25) is 4.79 Å². The number of halogens is 2. The number of ether oxygens (including phenoxy) is 1. The maximum atomic E-state index is 12.3. The first-order valence-corrected chi connectivity index (χ1v) is 8.87. The van der Waals surface area contributed by atoms with Gasteiger partial charge in [-0.25, -0.2) is 0 Å². The second-order valence-electron chi connectivity index (χ2n) is 5.73. The molecule has 0 saturated heterocycles. The van der Waals surface area contributed by atoms with Crippen LogP contribution < -0.4 is 10.1 Å². The van der Waals surface area contributed by atoms with Crippen LogP contribution in [0.1, 0.15) is 11.1 Å². The second kappa shape index (κ2) is 8.75. The van der Waals surface area contributed by atoms with E-state index in [-0.39, 0.29) is 12.5 Å². The molecule has 132 valence electrons. The lowest BCUT2D eigenvalue weighted by Gasteiger charge is -2.12. The molecule has 0 bridgehead atoms. The molecular formula is C21H17Cl2NO2. The van der Waals surface area contributed by atoms with Crippen molar-refractivity contribution in [2.24, 2.45) is 0 Å². The molecule has 3 aromatic rings. The van der Waals surface area contributed by atoms with E-state index in [9.17, 15) is 4.79 Å². The lowest BCUT2D eigenvalue weighted by atomic mass is 10.0. The molecule has 0 aliphatic carbocycles. The molecule has 0 atom stereocenters. The van der Waals surface area contributed by atoms with Gasteiger partial charge in [-0.2, -0.15) is 0 Å². The third-order valence-corrected chi connectivity index (χ3v) is 4.31. The quantitative estimate of drug-likeness (QED) is 0.599. The Morgan fingerprint density at radius 1 is 0.923 bits per heavy atom. The van der Waals surface area contributed by atoms with Crippen molar-refractivity contribution in [3.63, 3.8) is 0 Å². The molecule has 0 spiro atoms. The summed E-state index contributed by atoms with van der Waals surface area (Å²) in [5.74, 6) is 0.167. The Balaban J connectivity index is 1.64. The Labute approximate surface area is 162 Å². The molecule has 1 N–H and O–H groups in total. The molecule has 0 aliphatic rings. The molecule has 0 aromatic heterocycles. The van der Waals surface area contributed by atoms with E-state index < -0.39 is 0 Å². The van der Waals surface area contributed by atoms with Crippen LogP contribution in [0, 0.1) is 0 Å². The zero-order valence-corrected chi connectivity index (χ0v) is 15.4. The van der Waals surface area contributed by atoms with E-state index in [2.05, 4.69) is 17.4 Å². The standard InChI is InChI=1S/C21H17Cl2NO2/c22-17-10-11-20(18(23)13-17)26-14-21(25)24-19-9-5-4-8-16(19)12-15-6-2-1-3-7-15/h1-11,13H,12,14H2,(H,24,25). The summed E-state index contributed by atoms with van der Waals surface area (Å²) in [6, 6.07) is 22.7. The average Bonchev–Trinajstić information content (AvgIpc) is 2.63. The molecule has 0 aliphatic heterocycles. The van der Waals surface area contributed by atoms with Gasteiger partial charge in [0.25, 0.3) is 5.91 Å². The van der Waals surface area contributed by atoms with Crippen molar-refractivity contribution in [1.82, 2.24) is 0 Å². The molecule has 1 amide bonds. The number of anilines is 1. The number of carbonyl (C=O) groups excluding carboxylic acids is 1. The van der Waals surface area contributed by atoms with Crippen LogP contribution in [-0.2, 0) is 11.2 Å². The van der Waals surface area contributed by atoms with Crippen LogP contribution in [0.25, 0.3) is 0 Å². The minimum atomic E-state index is -0.253. The lowest BCUT2D eigenvalue weighted by Crippen LogP contribution is -2.21. The Morgan fingerprint density at radius 3 is 2.42 bits per heavy atom. The van der Waals surface area contributed by atoms with Crippen LogP contribution in [-0.4, -0.2) is 12.5 Å². The number of nitrogens with one attached hydrogen (secondary N) is 1. The number of benzene rings is 3. The number of hydrogen-bond donors (Lipinski definition) is 1. The van der Waals surface area contributed by atoms with Gasteiger partial charge >= 0.3 is 0 Å². The van der Waals surface area contributed by atoms with E-state index in [1.165, 1.54) is 5.56 Å². The van der Waals surface area contributed by atoms with Crippen molar-refractivity contribution in [1.29, 1.82) is 0 Å². The number of hydrogen-bond acceptors (Lipinski definition) is 2. The maximum absolute atomic E-state index is 12.3. The molecule has 0 heterocycles. The van der Waals surface area contributed by atoms with E-state index in [1.807, 2.05) is 42.5 Å². The molecule has 3 rings (SSSR count). The Hall–Kier alpha value is -2.49. The highest BCUT2D eigenvalue weighted by Crippen LogP contribution is 2.27. The van der Waals surface area contributed by atoms with E-state index in [1.54, 1.807) is 18.2 Å². The Kier molecular flexibility index (Phi) is 6.16. The third kappa shape index (κ3) is 5.01. The SMILES string of the molecule is O=C(COc1ccc(Cl)cc1Cl)Nc1ccccc1Cc1ccccc1. The topological polar surface area (TPSA) is 38.3 Å². The normalized spacial score (nSPS) is 10.4. The minimum Gasteiger partial charge on any atom is -0.482 e. The van der Waals surface area contributed by atoms with Gasteiger partial charge < -0.3 is 10.1 Å². The fourth-order valence-electron chi connectivity index (χ4n) is 2.53. The first-order valence-electron chi connectivity index (χ1n) is 8.11. The molecule has 0 unspecified atom stereocenters. The van der Waals surface area contributed by atoms with Crippen LogP contribution in [0.2, 0.25) is 10.0 Å². The van der Waals surface area contributed by atoms with Crippen LogP contribution in [0.5, 0.6) is 5.75 Å². The molecule has 0 fully saturated rings. The maximum Gasteiger partial charge on any atom is 0.262 e. The zero-order chi connectivity index (χ0) is 18.4. The lowest BCUT2D eigenvalue weighted by molar-refractivity contribution is -0.118. The van der Waals surface area contributed by atoms with E-state index >= 15 is 0 Å². The summed E-state index contributed by atoms with van der Waals surface area (Å²) in [5.41, 5.74) is 2.99. The van der Waals surface area contributed by atoms with E-state index in [4.69, 9.17) is 27.9 Å². The summed E-state index contributed by atoms with van der Waals surface area (Å²) < 4.78 is 5.48. The predicted octanol–water partition coefficient (Wildman–Crippen LogP) is 5.60. The van der Waals surface area contributed by atoms with Gasteiger partial charge in [-0.1, -0.05) is 71.7 Å². The van der Waals surface area contributed by atoms with Gasteiger partial charge in [0.15, 0.2) is 6.61 Å². The predicted molar refractivity (Wildman–Crippen MR) is 106 cm³/mol. The number of para-hydroxylation sites is 1.